The van der Waals surface area contributed by atoms with Gasteiger partial charge in [0.1, 0.15) is 0 Å². The van der Waals surface area contributed by atoms with Crippen LogP contribution in [0.5, 0.6) is 0 Å². The molecule has 148 valence electrons. The topological polar surface area (TPSA) is 0 Å². The van der Waals surface area contributed by atoms with Gasteiger partial charge >= 0.3 is 0 Å². The van der Waals surface area contributed by atoms with Crippen molar-refractivity contribution in [1.82, 2.24) is 0 Å². The van der Waals surface area contributed by atoms with Gasteiger partial charge in [-0.25, -0.2) is 0 Å². The van der Waals surface area contributed by atoms with Crippen LogP contribution in [-0.4, -0.2) is 0 Å². The molecule has 0 bridgehead atoms. The Kier molecular flexibility index (Phi) is 7.90. The zero-order chi connectivity index (χ0) is 18.7. The maximum absolute atomic E-state index is 2.60. The fourth-order valence-corrected chi connectivity index (χ4v) is 5.96. The van der Waals surface area contributed by atoms with Crippen molar-refractivity contribution in [2.75, 3.05) is 0 Å². The summed E-state index contributed by atoms with van der Waals surface area (Å²) >= 11 is 0. The van der Waals surface area contributed by atoms with Crippen molar-refractivity contribution in [3.05, 3.63) is 0 Å². The van der Waals surface area contributed by atoms with E-state index in [-0.39, 0.29) is 0 Å². The Balaban J connectivity index is 2.04. The minimum absolute atomic E-state index is 0.841. The SMILES string of the molecule is CCC1C(CC2CC2C)CCC(CCC(C)C(C)C)C(C)C(C)C1C. The maximum atomic E-state index is 2.60. The average molecular weight is 349 g/mol. The third-order valence-corrected chi connectivity index (χ3v) is 9.08. The van der Waals surface area contributed by atoms with Gasteiger partial charge in [0.15, 0.2) is 0 Å². The van der Waals surface area contributed by atoms with E-state index in [2.05, 4.69) is 55.4 Å². The predicted molar refractivity (Wildman–Crippen MR) is 113 cm³/mol. The molecule has 0 saturated heterocycles. The smallest absolute Gasteiger partial charge is 0.0360 e. The molecule has 0 N–H and O–H groups in total. The fourth-order valence-electron chi connectivity index (χ4n) is 5.96. The highest BCUT2D eigenvalue weighted by Crippen LogP contribution is 2.50. The van der Waals surface area contributed by atoms with Gasteiger partial charge in [0, 0.05) is 0 Å². The van der Waals surface area contributed by atoms with Crippen LogP contribution in [0, 0.1) is 59.2 Å². The Bertz CT molecular complexity index is 383. The molecule has 0 aromatic carbocycles. The molecular formula is C25H48. The van der Waals surface area contributed by atoms with Crippen molar-refractivity contribution in [1.29, 1.82) is 0 Å². The van der Waals surface area contributed by atoms with Crippen LogP contribution in [0.1, 0.15) is 100 Å². The Morgan fingerprint density at radius 1 is 0.800 bits per heavy atom. The van der Waals surface area contributed by atoms with Crippen LogP contribution in [0.15, 0.2) is 0 Å². The first-order valence-corrected chi connectivity index (χ1v) is 11.8. The lowest BCUT2D eigenvalue weighted by atomic mass is 9.62. The third kappa shape index (κ3) is 5.49. The monoisotopic (exact) mass is 348 g/mol. The summed E-state index contributed by atoms with van der Waals surface area (Å²) < 4.78 is 0. The van der Waals surface area contributed by atoms with Crippen molar-refractivity contribution in [3.8, 4) is 0 Å². The highest BCUT2D eigenvalue weighted by molar-refractivity contribution is 4.90. The third-order valence-electron chi connectivity index (χ3n) is 9.08. The molecule has 0 aliphatic heterocycles. The van der Waals surface area contributed by atoms with E-state index in [1.807, 2.05) is 0 Å². The minimum Gasteiger partial charge on any atom is -0.0651 e. The molecule has 0 radical (unpaired) electrons. The highest BCUT2D eigenvalue weighted by Gasteiger charge is 2.41. The van der Waals surface area contributed by atoms with Crippen molar-refractivity contribution >= 4 is 0 Å². The molecule has 0 aromatic heterocycles. The molecular weight excluding hydrogens is 300 g/mol. The molecule has 0 amide bonds. The Hall–Kier alpha value is 0. The highest BCUT2D eigenvalue weighted by atomic mass is 14.5. The molecule has 2 aliphatic carbocycles. The summed E-state index contributed by atoms with van der Waals surface area (Å²) in [5, 5.41) is 0. The zero-order valence-corrected chi connectivity index (χ0v) is 18.7. The second-order valence-electron chi connectivity index (χ2n) is 10.8. The van der Waals surface area contributed by atoms with Crippen molar-refractivity contribution in [2.24, 2.45) is 59.2 Å². The van der Waals surface area contributed by atoms with Gasteiger partial charge < -0.3 is 0 Å². The van der Waals surface area contributed by atoms with Crippen LogP contribution in [-0.2, 0) is 0 Å². The van der Waals surface area contributed by atoms with Gasteiger partial charge in [-0.1, -0.05) is 68.2 Å². The van der Waals surface area contributed by atoms with E-state index in [1.54, 1.807) is 6.42 Å². The van der Waals surface area contributed by atoms with Crippen molar-refractivity contribution in [3.63, 3.8) is 0 Å². The molecule has 9 atom stereocenters. The van der Waals surface area contributed by atoms with Crippen LogP contribution < -0.4 is 0 Å². The quantitative estimate of drug-likeness (QED) is 0.436. The Morgan fingerprint density at radius 2 is 1.40 bits per heavy atom. The first-order valence-electron chi connectivity index (χ1n) is 11.8. The lowest BCUT2D eigenvalue weighted by Gasteiger charge is -2.43. The van der Waals surface area contributed by atoms with E-state index in [0.717, 1.165) is 59.2 Å². The second kappa shape index (κ2) is 9.27. The summed E-state index contributed by atoms with van der Waals surface area (Å²) in [4.78, 5) is 0. The molecule has 2 rings (SSSR count). The Morgan fingerprint density at radius 3 is 1.92 bits per heavy atom. The van der Waals surface area contributed by atoms with Gasteiger partial charge in [-0.15, -0.1) is 0 Å². The lowest BCUT2D eigenvalue weighted by molar-refractivity contribution is 0.0633. The molecule has 0 aromatic rings. The first kappa shape index (κ1) is 21.3. The van der Waals surface area contributed by atoms with Crippen LogP contribution in [0.2, 0.25) is 0 Å². The molecule has 0 spiro atoms. The van der Waals surface area contributed by atoms with Crippen molar-refractivity contribution < 1.29 is 0 Å². The molecule has 0 heterocycles. The standard InChI is InChI=1S/C25H48/c1-9-25-21(8)19(6)20(7)22(11-10-17(4)16(2)3)12-13-23(25)15-24-14-18(24)5/h16-25H,9-15H2,1-8H3. The van der Waals surface area contributed by atoms with E-state index in [0.29, 0.717) is 0 Å². The van der Waals surface area contributed by atoms with Gasteiger partial charge in [-0.05, 0) is 91.3 Å². The summed E-state index contributed by atoms with van der Waals surface area (Å²) in [6.07, 6.45) is 10.4. The number of hydrogen-bond donors (Lipinski definition) is 0. The van der Waals surface area contributed by atoms with Crippen molar-refractivity contribution in [2.45, 2.75) is 100 Å². The number of rotatable bonds is 7. The molecule has 2 aliphatic rings. The lowest BCUT2D eigenvalue weighted by Crippen LogP contribution is -2.35. The molecule has 9 unspecified atom stereocenters. The number of hydrogen-bond acceptors (Lipinski definition) is 0. The average Bonchev–Trinajstić information content (AvgIpc) is 3.27. The van der Waals surface area contributed by atoms with Crippen LogP contribution >= 0.6 is 0 Å². The molecule has 2 fully saturated rings. The largest absolute Gasteiger partial charge is 0.0651 e. The summed E-state index contributed by atoms with van der Waals surface area (Å²) in [5.74, 6) is 9.48. The zero-order valence-electron chi connectivity index (χ0n) is 18.7. The van der Waals surface area contributed by atoms with E-state index in [4.69, 9.17) is 0 Å². The van der Waals surface area contributed by atoms with E-state index in [9.17, 15) is 0 Å². The van der Waals surface area contributed by atoms with Gasteiger partial charge in [0.2, 0.25) is 0 Å². The molecule has 25 heavy (non-hydrogen) atoms. The maximum Gasteiger partial charge on any atom is -0.0360 e. The molecule has 2 saturated carbocycles. The van der Waals surface area contributed by atoms with Gasteiger partial charge in [-0.2, -0.15) is 0 Å². The summed E-state index contributed by atoms with van der Waals surface area (Å²) in [6, 6.07) is 0. The second-order valence-corrected chi connectivity index (χ2v) is 10.8. The fraction of sp³-hybridized carbons (Fsp3) is 1.00. The van der Waals surface area contributed by atoms with Crippen LogP contribution in [0.25, 0.3) is 0 Å². The van der Waals surface area contributed by atoms with Gasteiger partial charge in [0.25, 0.3) is 0 Å². The van der Waals surface area contributed by atoms with E-state index in [1.165, 1.54) is 38.5 Å². The van der Waals surface area contributed by atoms with Crippen LogP contribution in [0.4, 0.5) is 0 Å². The summed E-state index contributed by atoms with van der Waals surface area (Å²) in [6.45, 7) is 20.0. The van der Waals surface area contributed by atoms with Gasteiger partial charge in [0.05, 0.1) is 0 Å². The van der Waals surface area contributed by atoms with Crippen LogP contribution in [0.3, 0.4) is 0 Å². The summed E-state index contributed by atoms with van der Waals surface area (Å²) in [5.41, 5.74) is 0. The predicted octanol–water partition coefficient (Wildman–Crippen LogP) is 8.07. The minimum atomic E-state index is 0.841. The molecule has 0 nitrogen and oxygen atoms in total. The van der Waals surface area contributed by atoms with E-state index < -0.39 is 0 Å². The van der Waals surface area contributed by atoms with Gasteiger partial charge in [-0.3, -0.25) is 0 Å². The Labute approximate surface area is 159 Å². The normalized spacial score (nSPS) is 43.6. The first-order chi connectivity index (χ1) is 11.8. The summed E-state index contributed by atoms with van der Waals surface area (Å²) in [7, 11) is 0. The van der Waals surface area contributed by atoms with E-state index >= 15 is 0 Å². The molecule has 0 heteroatoms.